The summed E-state index contributed by atoms with van der Waals surface area (Å²) in [5.74, 6) is 0.983. The van der Waals surface area contributed by atoms with Crippen LogP contribution in [0.3, 0.4) is 0 Å². The van der Waals surface area contributed by atoms with Gasteiger partial charge in [0.25, 0.3) is 0 Å². The lowest BCUT2D eigenvalue weighted by molar-refractivity contribution is -0.124. The first-order chi connectivity index (χ1) is 8.70. The van der Waals surface area contributed by atoms with Gasteiger partial charge < -0.3 is 5.32 Å². The molecule has 1 N–H and O–H groups in total. The second kappa shape index (κ2) is 6.50. The van der Waals surface area contributed by atoms with Crippen molar-refractivity contribution >= 4 is 15.3 Å². The summed E-state index contributed by atoms with van der Waals surface area (Å²) in [4.78, 5) is 12.0. The van der Waals surface area contributed by atoms with E-state index >= 15 is 0 Å². The minimum absolute atomic E-state index is 0.0467. The predicted molar refractivity (Wildman–Crippen MR) is 73.5 cm³/mol. The molecule has 4 nitrogen and oxygen atoms in total. The molecule has 1 aliphatic carbocycles. The van der Waals surface area contributed by atoms with Gasteiger partial charge in [0.15, 0.2) is 0 Å². The predicted octanol–water partition coefficient (Wildman–Crippen LogP) is 1.69. The zero-order valence-corrected chi connectivity index (χ0v) is 11.9. The Bertz CT molecular complexity index is 334. The van der Waals surface area contributed by atoms with Gasteiger partial charge in [-0.05, 0) is 44.4 Å². The molecule has 1 aliphatic heterocycles. The standard InChI is InChI=1S/C13H22N3OP/c14-8-10-3-5-11(6-4-10)9-15-13(17)12-2-1-7-16(12)18/h10-12H,1-7,9,18H2,(H,15,17). The Balaban J connectivity index is 1.69. The maximum atomic E-state index is 12.0. The van der Waals surface area contributed by atoms with E-state index < -0.39 is 0 Å². The number of nitrogens with one attached hydrogen (secondary N) is 1. The van der Waals surface area contributed by atoms with E-state index in [1.54, 1.807) is 0 Å². The highest BCUT2D eigenvalue weighted by molar-refractivity contribution is 7.13. The molecule has 2 fully saturated rings. The Hall–Kier alpha value is -0.650. The SMILES string of the molecule is N#CC1CCC(CNC(=O)C2CCCN2P)CC1. The summed E-state index contributed by atoms with van der Waals surface area (Å²) in [5, 5.41) is 11.9. The number of nitriles is 1. The third kappa shape index (κ3) is 3.43. The summed E-state index contributed by atoms with van der Waals surface area (Å²) in [7, 11) is 2.65. The molecular weight excluding hydrogens is 245 g/mol. The number of carbonyl (C=O) groups is 1. The second-order valence-corrected chi connectivity index (χ2v) is 6.15. The summed E-state index contributed by atoms with van der Waals surface area (Å²) < 4.78 is 2.06. The first kappa shape index (κ1) is 13.8. The van der Waals surface area contributed by atoms with Crippen LogP contribution < -0.4 is 5.32 Å². The van der Waals surface area contributed by atoms with Crippen LogP contribution in [0.5, 0.6) is 0 Å². The molecule has 0 bridgehead atoms. The first-order valence-corrected chi connectivity index (χ1v) is 7.41. The minimum Gasteiger partial charge on any atom is -0.354 e. The van der Waals surface area contributed by atoms with Gasteiger partial charge in [0.2, 0.25) is 5.91 Å². The van der Waals surface area contributed by atoms with Crippen LogP contribution in [0.1, 0.15) is 38.5 Å². The highest BCUT2D eigenvalue weighted by Crippen LogP contribution is 2.28. The van der Waals surface area contributed by atoms with Crippen molar-refractivity contribution < 1.29 is 4.79 Å². The number of rotatable bonds is 3. The lowest BCUT2D eigenvalue weighted by Crippen LogP contribution is -2.41. The monoisotopic (exact) mass is 267 g/mol. The van der Waals surface area contributed by atoms with Gasteiger partial charge in [0.05, 0.1) is 12.1 Å². The normalized spacial score (nSPS) is 33.0. The second-order valence-electron chi connectivity index (χ2n) is 5.49. The molecule has 0 radical (unpaired) electrons. The Labute approximate surface area is 111 Å². The average Bonchev–Trinajstić information content (AvgIpc) is 2.83. The summed E-state index contributed by atoms with van der Waals surface area (Å²) >= 11 is 0. The van der Waals surface area contributed by atoms with Gasteiger partial charge in [-0.3, -0.25) is 9.46 Å². The molecule has 2 unspecified atom stereocenters. The van der Waals surface area contributed by atoms with Crippen molar-refractivity contribution in [1.82, 2.24) is 9.99 Å². The number of nitrogens with zero attached hydrogens (tertiary/aromatic N) is 2. The Morgan fingerprint density at radius 2 is 2.06 bits per heavy atom. The molecule has 2 atom stereocenters. The van der Waals surface area contributed by atoms with Crippen LogP contribution in [0.25, 0.3) is 0 Å². The molecule has 18 heavy (non-hydrogen) atoms. The smallest absolute Gasteiger partial charge is 0.237 e. The Morgan fingerprint density at radius 3 is 2.61 bits per heavy atom. The zero-order chi connectivity index (χ0) is 13.0. The quantitative estimate of drug-likeness (QED) is 0.792. The van der Waals surface area contributed by atoms with Gasteiger partial charge >= 0.3 is 0 Å². The van der Waals surface area contributed by atoms with Crippen molar-refractivity contribution in [3.8, 4) is 6.07 Å². The highest BCUT2D eigenvalue weighted by Gasteiger charge is 2.28. The van der Waals surface area contributed by atoms with Gasteiger partial charge in [0.1, 0.15) is 0 Å². The molecule has 100 valence electrons. The minimum atomic E-state index is 0.0467. The number of hydrogen-bond acceptors (Lipinski definition) is 3. The molecule has 5 heteroatoms. The molecule has 1 saturated carbocycles. The van der Waals surface area contributed by atoms with E-state index in [-0.39, 0.29) is 17.9 Å². The molecular formula is C13H22N3OP. The van der Waals surface area contributed by atoms with E-state index in [1.165, 1.54) is 0 Å². The van der Waals surface area contributed by atoms with E-state index in [4.69, 9.17) is 5.26 Å². The van der Waals surface area contributed by atoms with E-state index in [2.05, 4.69) is 25.4 Å². The van der Waals surface area contributed by atoms with Crippen molar-refractivity contribution in [1.29, 1.82) is 5.26 Å². The third-order valence-corrected chi connectivity index (χ3v) is 4.81. The van der Waals surface area contributed by atoms with Crippen molar-refractivity contribution in [3.63, 3.8) is 0 Å². The number of hydrogen-bond donors (Lipinski definition) is 1. The van der Waals surface area contributed by atoms with Crippen molar-refractivity contribution in [2.45, 2.75) is 44.6 Å². The van der Waals surface area contributed by atoms with Crippen LogP contribution in [-0.4, -0.2) is 29.7 Å². The summed E-state index contributed by atoms with van der Waals surface area (Å²) in [6.07, 6.45) is 6.22. The van der Waals surface area contributed by atoms with E-state index in [1.807, 2.05) is 0 Å². The van der Waals surface area contributed by atoms with Gasteiger partial charge in [0, 0.05) is 19.0 Å². The molecule has 0 aromatic rings. The van der Waals surface area contributed by atoms with Crippen molar-refractivity contribution in [3.05, 3.63) is 0 Å². The molecule has 2 rings (SSSR count). The maximum Gasteiger partial charge on any atom is 0.237 e. The maximum absolute atomic E-state index is 12.0. The highest BCUT2D eigenvalue weighted by atomic mass is 31.0. The number of carbonyl (C=O) groups excluding carboxylic acids is 1. The first-order valence-electron chi connectivity index (χ1n) is 6.89. The number of amides is 1. The Morgan fingerprint density at radius 1 is 1.33 bits per heavy atom. The van der Waals surface area contributed by atoms with E-state index in [9.17, 15) is 4.79 Å². The van der Waals surface area contributed by atoms with Crippen LogP contribution in [-0.2, 0) is 4.79 Å². The topological polar surface area (TPSA) is 56.1 Å². The zero-order valence-electron chi connectivity index (χ0n) is 10.8. The van der Waals surface area contributed by atoms with Gasteiger partial charge in [-0.25, -0.2) is 0 Å². The molecule has 1 saturated heterocycles. The van der Waals surface area contributed by atoms with Gasteiger partial charge in [-0.2, -0.15) is 5.26 Å². The van der Waals surface area contributed by atoms with Gasteiger partial charge in [-0.15, -0.1) is 0 Å². The van der Waals surface area contributed by atoms with E-state index in [0.717, 1.165) is 51.6 Å². The fourth-order valence-electron chi connectivity index (χ4n) is 2.93. The van der Waals surface area contributed by atoms with Crippen LogP contribution in [0.2, 0.25) is 0 Å². The van der Waals surface area contributed by atoms with Crippen molar-refractivity contribution in [2.75, 3.05) is 13.1 Å². The van der Waals surface area contributed by atoms with Crippen LogP contribution in [0, 0.1) is 23.2 Å². The molecule has 1 heterocycles. The molecule has 0 aromatic heterocycles. The van der Waals surface area contributed by atoms with Crippen LogP contribution in [0.4, 0.5) is 0 Å². The fraction of sp³-hybridized carbons (Fsp3) is 0.846. The van der Waals surface area contributed by atoms with Crippen molar-refractivity contribution in [2.24, 2.45) is 11.8 Å². The van der Waals surface area contributed by atoms with E-state index in [0.29, 0.717) is 5.92 Å². The lowest BCUT2D eigenvalue weighted by atomic mass is 9.83. The lowest BCUT2D eigenvalue weighted by Gasteiger charge is -2.26. The third-order valence-electron chi connectivity index (χ3n) is 4.19. The molecule has 0 spiro atoms. The summed E-state index contributed by atoms with van der Waals surface area (Å²) in [5.41, 5.74) is 0. The average molecular weight is 267 g/mol. The molecule has 0 aromatic carbocycles. The van der Waals surface area contributed by atoms with Crippen LogP contribution in [0.15, 0.2) is 0 Å². The molecule has 1 amide bonds. The van der Waals surface area contributed by atoms with Gasteiger partial charge in [-0.1, -0.05) is 9.39 Å². The van der Waals surface area contributed by atoms with Crippen LogP contribution >= 0.6 is 9.39 Å². The Kier molecular flexibility index (Phi) is 4.97. The summed E-state index contributed by atoms with van der Waals surface area (Å²) in [6, 6.07) is 2.39. The summed E-state index contributed by atoms with van der Waals surface area (Å²) in [6.45, 7) is 1.78. The fourth-order valence-corrected chi connectivity index (χ4v) is 3.40. The molecule has 2 aliphatic rings. The largest absolute Gasteiger partial charge is 0.354 e.